The van der Waals surface area contributed by atoms with Gasteiger partial charge in [0.2, 0.25) is 5.95 Å². The van der Waals surface area contributed by atoms with Gasteiger partial charge in [-0.25, -0.2) is 9.97 Å². The van der Waals surface area contributed by atoms with Gasteiger partial charge in [0, 0.05) is 17.4 Å². The summed E-state index contributed by atoms with van der Waals surface area (Å²) in [7, 11) is 0. The van der Waals surface area contributed by atoms with Gasteiger partial charge in [-0.2, -0.15) is 0 Å². The van der Waals surface area contributed by atoms with Crippen LogP contribution in [0.1, 0.15) is 28.9 Å². The van der Waals surface area contributed by atoms with Crippen molar-refractivity contribution in [3.63, 3.8) is 0 Å². The molecule has 0 spiro atoms. The molecule has 134 valence electrons. The Labute approximate surface area is 150 Å². The van der Waals surface area contributed by atoms with Crippen molar-refractivity contribution in [3.05, 3.63) is 53.5 Å². The number of hydrogen-bond acceptors (Lipinski definition) is 7. The van der Waals surface area contributed by atoms with E-state index < -0.39 is 5.91 Å². The lowest BCUT2D eigenvalue weighted by Gasteiger charge is -2.09. The fraction of sp³-hybridized carbons (Fsp3) is 0.222. The van der Waals surface area contributed by atoms with E-state index in [9.17, 15) is 4.79 Å². The zero-order valence-electron chi connectivity index (χ0n) is 14.7. The molecular weight excluding hydrogens is 334 g/mol. The van der Waals surface area contributed by atoms with Crippen molar-refractivity contribution in [2.24, 2.45) is 0 Å². The number of hydrogen-bond donors (Lipinski definition) is 2. The van der Waals surface area contributed by atoms with Gasteiger partial charge in [-0.3, -0.25) is 4.79 Å². The SMILES string of the molecule is CCOc1ccc(Nc2nc(C)cc(C(=O)Nc3cc(C)on3)n2)cc1. The van der Waals surface area contributed by atoms with Crippen molar-refractivity contribution >= 4 is 23.4 Å². The molecule has 0 atom stereocenters. The van der Waals surface area contributed by atoms with E-state index in [4.69, 9.17) is 9.26 Å². The quantitative estimate of drug-likeness (QED) is 0.699. The number of anilines is 3. The number of nitrogens with zero attached hydrogens (tertiary/aromatic N) is 3. The first kappa shape index (κ1) is 17.4. The van der Waals surface area contributed by atoms with E-state index in [1.54, 1.807) is 26.0 Å². The standard InChI is InChI=1S/C18H19N5O3/c1-4-25-14-7-5-13(6-8-14)20-18-19-11(2)9-15(21-18)17(24)22-16-10-12(3)26-23-16/h5-10H,4H2,1-3H3,(H,19,20,21)(H,22,23,24). The van der Waals surface area contributed by atoms with Crippen LogP contribution in [0.3, 0.4) is 0 Å². The van der Waals surface area contributed by atoms with Crippen LogP contribution < -0.4 is 15.4 Å². The molecule has 1 aromatic carbocycles. The van der Waals surface area contributed by atoms with Crippen molar-refractivity contribution in [2.75, 3.05) is 17.2 Å². The Hall–Kier alpha value is -3.42. The largest absolute Gasteiger partial charge is 0.494 e. The summed E-state index contributed by atoms with van der Waals surface area (Å²) in [6, 6.07) is 10.6. The molecule has 2 heterocycles. The van der Waals surface area contributed by atoms with Gasteiger partial charge in [0.1, 0.15) is 17.2 Å². The average Bonchev–Trinajstić information content (AvgIpc) is 3.01. The van der Waals surface area contributed by atoms with Gasteiger partial charge in [-0.1, -0.05) is 5.16 Å². The molecule has 0 aliphatic heterocycles. The molecule has 26 heavy (non-hydrogen) atoms. The van der Waals surface area contributed by atoms with Crippen molar-refractivity contribution in [2.45, 2.75) is 20.8 Å². The third-order valence-electron chi connectivity index (χ3n) is 3.38. The Balaban J connectivity index is 1.75. The molecule has 0 saturated carbocycles. The molecule has 8 nitrogen and oxygen atoms in total. The first-order valence-electron chi connectivity index (χ1n) is 8.13. The summed E-state index contributed by atoms with van der Waals surface area (Å²) in [5.74, 6) is 1.67. The molecule has 0 aliphatic rings. The number of nitrogens with one attached hydrogen (secondary N) is 2. The van der Waals surface area contributed by atoms with Crippen LogP contribution in [0.25, 0.3) is 0 Å². The summed E-state index contributed by atoms with van der Waals surface area (Å²) in [6.45, 7) is 6.08. The molecular formula is C18H19N5O3. The van der Waals surface area contributed by atoms with E-state index in [2.05, 4.69) is 25.8 Å². The van der Waals surface area contributed by atoms with Crippen LogP contribution in [0.4, 0.5) is 17.5 Å². The molecule has 2 aromatic heterocycles. The molecule has 3 aromatic rings. The highest BCUT2D eigenvalue weighted by Crippen LogP contribution is 2.19. The number of benzene rings is 1. The highest BCUT2D eigenvalue weighted by molar-refractivity contribution is 6.02. The van der Waals surface area contributed by atoms with Crippen LogP contribution in [-0.2, 0) is 0 Å². The zero-order valence-corrected chi connectivity index (χ0v) is 14.7. The summed E-state index contributed by atoms with van der Waals surface area (Å²) in [5.41, 5.74) is 1.68. The Morgan fingerprint density at radius 2 is 1.92 bits per heavy atom. The molecule has 0 unspecified atom stereocenters. The molecule has 0 radical (unpaired) electrons. The van der Waals surface area contributed by atoms with E-state index in [0.717, 1.165) is 11.4 Å². The zero-order chi connectivity index (χ0) is 18.5. The Morgan fingerprint density at radius 1 is 1.15 bits per heavy atom. The van der Waals surface area contributed by atoms with Gasteiger partial charge in [-0.15, -0.1) is 0 Å². The maximum absolute atomic E-state index is 12.4. The third-order valence-corrected chi connectivity index (χ3v) is 3.38. The number of ether oxygens (including phenoxy) is 1. The van der Waals surface area contributed by atoms with E-state index in [1.807, 2.05) is 31.2 Å². The highest BCUT2D eigenvalue weighted by atomic mass is 16.5. The lowest BCUT2D eigenvalue weighted by Crippen LogP contribution is -2.15. The summed E-state index contributed by atoms with van der Waals surface area (Å²) in [5, 5.41) is 9.47. The summed E-state index contributed by atoms with van der Waals surface area (Å²) >= 11 is 0. The number of aromatic nitrogens is 3. The van der Waals surface area contributed by atoms with Gasteiger partial charge in [-0.05, 0) is 51.1 Å². The maximum Gasteiger partial charge on any atom is 0.275 e. The van der Waals surface area contributed by atoms with E-state index in [-0.39, 0.29) is 5.69 Å². The predicted molar refractivity (Wildman–Crippen MR) is 96.9 cm³/mol. The molecule has 3 rings (SSSR count). The minimum atomic E-state index is -0.390. The van der Waals surface area contributed by atoms with Crippen molar-refractivity contribution in [1.82, 2.24) is 15.1 Å². The highest BCUT2D eigenvalue weighted by Gasteiger charge is 2.13. The fourth-order valence-electron chi connectivity index (χ4n) is 2.28. The van der Waals surface area contributed by atoms with Gasteiger partial charge in [0.15, 0.2) is 5.82 Å². The number of carbonyl (C=O) groups excluding carboxylic acids is 1. The van der Waals surface area contributed by atoms with Gasteiger partial charge in [0.05, 0.1) is 6.61 Å². The van der Waals surface area contributed by atoms with E-state index in [1.165, 1.54) is 0 Å². The topological polar surface area (TPSA) is 102 Å². The first-order valence-corrected chi connectivity index (χ1v) is 8.13. The van der Waals surface area contributed by atoms with Crippen LogP contribution in [0.5, 0.6) is 5.75 Å². The van der Waals surface area contributed by atoms with Gasteiger partial charge < -0.3 is 19.9 Å². The summed E-state index contributed by atoms with van der Waals surface area (Å²) in [6.07, 6.45) is 0. The Morgan fingerprint density at radius 3 is 2.58 bits per heavy atom. The molecule has 8 heteroatoms. The van der Waals surface area contributed by atoms with E-state index in [0.29, 0.717) is 29.8 Å². The second-order valence-corrected chi connectivity index (χ2v) is 5.58. The molecule has 0 aliphatic carbocycles. The normalized spacial score (nSPS) is 10.4. The van der Waals surface area contributed by atoms with Crippen LogP contribution in [0.15, 0.2) is 40.9 Å². The average molecular weight is 353 g/mol. The monoisotopic (exact) mass is 353 g/mol. The Kier molecular flexibility index (Phi) is 5.12. The molecule has 1 amide bonds. The molecule has 2 N–H and O–H groups in total. The number of rotatable bonds is 6. The lowest BCUT2D eigenvalue weighted by atomic mass is 10.3. The summed E-state index contributed by atoms with van der Waals surface area (Å²) in [4.78, 5) is 20.9. The molecule has 0 fully saturated rings. The van der Waals surface area contributed by atoms with Crippen LogP contribution in [0, 0.1) is 13.8 Å². The van der Waals surface area contributed by atoms with E-state index >= 15 is 0 Å². The first-order chi connectivity index (χ1) is 12.5. The minimum absolute atomic E-state index is 0.228. The van der Waals surface area contributed by atoms with Crippen LogP contribution in [-0.4, -0.2) is 27.6 Å². The smallest absolute Gasteiger partial charge is 0.275 e. The van der Waals surface area contributed by atoms with Gasteiger partial charge in [0.25, 0.3) is 5.91 Å². The van der Waals surface area contributed by atoms with Gasteiger partial charge >= 0.3 is 0 Å². The fourth-order valence-corrected chi connectivity index (χ4v) is 2.28. The van der Waals surface area contributed by atoms with Crippen molar-refractivity contribution < 1.29 is 14.1 Å². The predicted octanol–water partition coefficient (Wildman–Crippen LogP) is 3.48. The Bertz CT molecular complexity index is 905. The van der Waals surface area contributed by atoms with Crippen molar-refractivity contribution in [1.29, 1.82) is 0 Å². The molecule has 0 bridgehead atoms. The lowest BCUT2D eigenvalue weighted by molar-refractivity contribution is 0.102. The second-order valence-electron chi connectivity index (χ2n) is 5.58. The molecule has 0 saturated heterocycles. The number of amides is 1. The number of aryl methyl sites for hydroxylation is 2. The minimum Gasteiger partial charge on any atom is -0.494 e. The van der Waals surface area contributed by atoms with Crippen LogP contribution in [0.2, 0.25) is 0 Å². The van der Waals surface area contributed by atoms with Crippen LogP contribution >= 0.6 is 0 Å². The maximum atomic E-state index is 12.4. The van der Waals surface area contributed by atoms with Crippen molar-refractivity contribution in [3.8, 4) is 5.75 Å². The third kappa shape index (κ3) is 4.35. The number of carbonyl (C=O) groups is 1. The summed E-state index contributed by atoms with van der Waals surface area (Å²) < 4.78 is 10.3. The second kappa shape index (κ2) is 7.64.